The lowest BCUT2D eigenvalue weighted by molar-refractivity contribution is -0.141. The molecule has 16 heavy (non-hydrogen) atoms. The van der Waals surface area contributed by atoms with Gasteiger partial charge >= 0.3 is 6.18 Å². The summed E-state index contributed by atoms with van der Waals surface area (Å²) >= 11 is 5.67. The van der Waals surface area contributed by atoms with E-state index in [0.717, 1.165) is 0 Å². The topological polar surface area (TPSA) is 43.8 Å². The third kappa shape index (κ3) is 2.32. The molecule has 1 atom stereocenters. The van der Waals surface area contributed by atoms with Crippen LogP contribution in [0.4, 0.5) is 13.2 Å². The molecule has 0 fully saturated rings. The summed E-state index contributed by atoms with van der Waals surface area (Å²) in [6.45, 7) is 5.01. The zero-order valence-corrected chi connectivity index (χ0v) is 9.89. The maximum absolute atomic E-state index is 12.6. The average Bonchev–Trinajstić information content (AvgIpc) is 2.41. The summed E-state index contributed by atoms with van der Waals surface area (Å²) < 4.78 is 38.9. The third-order valence-electron chi connectivity index (χ3n) is 2.08. The van der Waals surface area contributed by atoms with Crippen LogP contribution in [0, 0.1) is 0 Å². The van der Waals surface area contributed by atoms with Crippen LogP contribution in [0.5, 0.6) is 0 Å². The molecule has 2 N–H and O–H groups in total. The highest BCUT2D eigenvalue weighted by molar-refractivity contribution is 6.32. The molecule has 0 saturated heterocycles. The van der Waals surface area contributed by atoms with Crippen molar-refractivity contribution in [3.63, 3.8) is 0 Å². The van der Waals surface area contributed by atoms with E-state index < -0.39 is 22.9 Å². The SMILES string of the molecule is CC(N)c1c(Cl)c(C(F)(F)F)nn1C(C)C. The zero-order chi connectivity index (χ0) is 12.7. The molecular formula is C9H13ClF3N3. The van der Waals surface area contributed by atoms with E-state index in [1.165, 1.54) is 4.68 Å². The number of rotatable bonds is 2. The van der Waals surface area contributed by atoms with Gasteiger partial charge in [-0.25, -0.2) is 0 Å². The van der Waals surface area contributed by atoms with Gasteiger partial charge in [0.25, 0.3) is 0 Å². The lowest BCUT2D eigenvalue weighted by atomic mass is 10.2. The van der Waals surface area contributed by atoms with Gasteiger partial charge in [-0.2, -0.15) is 18.3 Å². The van der Waals surface area contributed by atoms with Crippen LogP contribution >= 0.6 is 11.6 Å². The Balaban J connectivity index is 3.42. The number of halogens is 4. The summed E-state index contributed by atoms with van der Waals surface area (Å²) in [6.07, 6.45) is -4.55. The van der Waals surface area contributed by atoms with E-state index in [1.54, 1.807) is 20.8 Å². The molecule has 0 aliphatic rings. The Morgan fingerprint density at radius 2 is 1.81 bits per heavy atom. The summed E-state index contributed by atoms with van der Waals surface area (Å²) in [5.41, 5.74) is 4.74. The van der Waals surface area contributed by atoms with E-state index in [9.17, 15) is 13.2 Å². The quantitative estimate of drug-likeness (QED) is 0.882. The Kier molecular flexibility index (Phi) is 3.54. The van der Waals surface area contributed by atoms with E-state index in [4.69, 9.17) is 17.3 Å². The summed E-state index contributed by atoms with van der Waals surface area (Å²) in [5, 5.41) is 3.08. The van der Waals surface area contributed by atoms with E-state index in [0.29, 0.717) is 0 Å². The smallest absolute Gasteiger partial charge is 0.323 e. The minimum atomic E-state index is -4.55. The van der Waals surface area contributed by atoms with Gasteiger partial charge in [0.1, 0.15) is 0 Å². The van der Waals surface area contributed by atoms with Crippen molar-refractivity contribution in [2.75, 3.05) is 0 Å². The monoisotopic (exact) mass is 255 g/mol. The van der Waals surface area contributed by atoms with Gasteiger partial charge in [-0.15, -0.1) is 0 Å². The molecule has 92 valence electrons. The van der Waals surface area contributed by atoms with Crippen molar-refractivity contribution in [2.45, 2.75) is 39.0 Å². The molecule has 1 aromatic heterocycles. The van der Waals surface area contributed by atoms with Crippen molar-refractivity contribution in [1.82, 2.24) is 9.78 Å². The summed E-state index contributed by atoms with van der Waals surface area (Å²) in [6, 6.07) is -0.826. The van der Waals surface area contributed by atoms with Crippen LogP contribution in [0.1, 0.15) is 44.2 Å². The van der Waals surface area contributed by atoms with Gasteiger partial charge in [-0.1, -0.05) is 11.6 Å². The minimum absolute atomic E-state index is 0.212. The fraction of sp³-hybridized carbons (Fsp3) is 0.667. The number of hydrogen-bond acceptors (Lipinski definition) is 2. The Morgan fingerprint density at radius 3 is 2.06 bits per heavy atom. The van der Waals surface area contributed by atoms with Gasteiger partial charge in [-0.05, 0) is 20.8 Å². The first-order valence-electron chi connectivity index (χ1n) is 4.77. The first kappa shape index (κ1) is 13.3. The Morgan fingerprint density at radius 1 is 1.31 bits per heavy atom. The molecule has 1 heterocycles. The number of aromatic nitrogens is 2. The van der Waals surface area contributed by atoms with Crippen LogP contribution < -0.4 is 5.73 Å². The normalized spacial score (nSPS) is 14.6. The fourth-order valence-electron chi connectivity index (χ4n) is 1.41. The molecule has 1 aromatic rings. The Hall–Kier alpha value is -0.750. The van der Waals surface area contributed by atoms with Gasteiger partial charge in [-0.3, -0.25) is 4.68 Å². The van der Waals surface area contributed by atoms with Gasteiger partial charge in [0, 0.05) is 12.1 Å². The number of nitrogens with zero attached hydrogens (tertiary/aromatic N) is 2. The maximum Gasteiger partial charge on any atom is 0.436 e. The zero-order valence-electron chi connectivity index (χ0n) is 9.14. The lowest BCUT2D eigenvalue weighted by Gasteiger charge is -2.13. The van der Waals surface area contributed by atoms with Gasteiger partial charge in [0.15, 0.2) is 5.69 Å². The first-order valence-corrected chi connectivity index (χ1v) is 5.14. The van der Waals surface area contributed by atoms with E-state index >= 15 is 0 Å². The van der Waals surface area contributed by atoms with Crippen LogP contribution in [0.3, 0.4) is 0 Å². The second-order valence-corrected chi connectivity index (χ2v) is 4.25. The molecule has 0 spiro atoms. The largest absolute Gasteiger partial charge is 0.436 e. The van der Waals surface area contributed by atoms with Gasteiger partial charge in [0.05, 0.1) is 10.7 Å². The second-order valence-electron chi connectivity index (χ2n) is 3.87. The molecule has 0 aliphatic heterocycles. The van der Waals surface area contributed by atoms with E-state index in [2.05, 4.69) is 5.10 Å². The minimum Gasteiger partial charge on any atom is -0.323 e. The van der Waals surface area contributed by atoms with E-state index in [1.807, 2.05) is 0 Å². The molecular weight excluding hydrogens is 243 g/mol. The third-order valence-corrected chi connectivity index (χ3v) is 2.45. The molecule has 1 rings (SSSR count). The summed E-state index contributed by atoms with van der Waals surface area (Å²) in [5.74, 6) is 0. The first-order chi connectivity index (χ1) is 7.16. The number of hydrogen-bond donors (Lipinski definition) is 1. The van der Waals surface area contributed by atoms with Crippen molar-refractivity contribution in [1.29, 1.82) is 0 Å². The molecule has 0 aromatic carbocycles. The lowest BCUT2D eigenvalue weighted by Crippen LogP contribution is -2.15. The number of nitrogens with two attached hydrogens (primary N) is 1. The molecule has 7 heteroatoms. The molecule has 0 aliphatic carbocycles. The van der Waals surface area contributed by atoms with Crippen LogP contribution in [-0.4, -0.2) is 9.78 Å². The van der Waals surface area contributed by atoms with E-state index in [-0.39, 0.29) is 11.7 Å². The average molecular weight is 256 g/mol. The van der Waals surface area contributed by atoms with Crippen molar-refractivity contribution < 1.29 is 13.2 Å². The van der Waals surface area contributed by atoms with Crippen molar-refractivity contribution in [2.24, 2.45) is 5.73 Å². The van der Waals surface area contributed by atoms with Crippen molar-refractivity contribution in [3.8, 4) is 0 Å². The summed E-state index contributed by atoms with van der Waals surface area (Å²) in [4.78, 5) is 0. The van der Waals surface area contributed by atoms with Crippen molar-refractivity contribution in [3.05, 3.63) is 16.4 Å². The predicted molar refractivity (Wildman–Crippen MR) is 55.2 cm³/mol. The van der Waals surface area contributed by atoms with Crippen LogP contribution in [0.2, 0.25) is 5.02 Å². The van der Waals surface area contributed by atoms with Crippen LogP contribution in [0.15, 0.2) is 0 Å². The highest BCUT2D eigenvalue weighted by atomic mass is 35.5. The Labute approximate surface area is 96.4 Å². The highest BCUT2D eigenvalue weighted by Crippen LogP contribution is 2.37. The van der Waals surface area contributed by atoms with Crippen molar-refractivity contribution >= 4 is 11.6 Å². The van der Waals surface area contributed by atoms with Crippen LogP contribution in [-0.2, 0) is 6.18 Å². The highest BCUT2D eigenvalue weighted by Gasteiger charge is 2.39. The predicted octanol–water partition coefficient (Wildman–Crippen LogP) is 3.16. The second kappa shape index (κ2) is 4.25. The molecule has 0 bridgehead atoms. The van der Waals surface area contributed by atoms with Gasteiger partial charge in [0.2, 0.25) is 0 Å². The standard InChI is InChI=1S/C9H13ClF3N3/c1-4(2)16-7(5(3)14)6(10)8(15-16)9(11,12)13/h4-5H,14H2,1-3H3. The Bertz CT molecular complexity index is 382. The van der Waals surface area contributed by atoms with Gasteiger partial charge < -0.3 is 5.73 Å². The number of alkyl halides is 3. The molecule has 1 unspecified atom stereocenters. The molecule has 0 radical (unpaired) electrons. The molecule has 3 nitrogen and oxygen atoms in total. The van der Waals surface area contributed by atoms with Crippen LogP contribution in [0.25, 0.3) is 0 Å². The molecule has 0 amide bonds. The molecule has 0 saturated carbocycles. The maximum atomic E-state index is 12.6. The fourth-order valence-corrected chi connectivity index (χ4v) is 1.81. The summed E-state index contributed by atoms with van der Waals surface area (Å²) in [7, 11) is 0.